The maximum Gasteiger partial charge on any atom is 0.238 e. The molecule has 13 heavy (non-hydrogen) atoms. The highest BCUT2D eigenvalue weighted by Crippen LogP contribution is 2.48. The summed E-state index contributed by atoms with van der Waals surface area (Å²) in [4.78, 5) is 21.7. The Hall–Kier alpha value is -0.900. The third-order valence-electron chi connectivity index (χ3n) is 3.10. The molecule has 1 saturated heterocycles. The fourth-order valence-electron chi connectivity index (χ4n) is 2.00. The predicted octanol–water partition coefficient (Wildman–Crippen LogP) is 0.187. The van der Waals surface area contributed by atoms with Gasteiger partial charge in [-0.15, -0.1) is 0 Å². The molecule has 1 heterocycles. The lowest BCUT2D eigenvalue weighted by Crippen LogP contribution is -2.41. The van der Waals surface area contributed by atoms with Crippen LogP contribution in [0.2, 0.25) is 0 Å². The first-order valence-electron chi connectivity index (χ1n) is 4.67. The van der Waals surface area contributed by atoms with Gasteiger partial charge in [-0.05, 0) is 12.8 Å². The van der Waals surface area contributed by atoms with Crippen molar-refractivity contribution in [3.8, 4) is 0 Å². The van der Waals surface area contributed by atoms with Crippen LogP contribution in [0.15, 0.2) is 0 Å². The molecule has 0 atom stereocenters. The van der Waals surface area contributed by atoms with E-state index in [-0.39, 0.29) is 11.4 Å². The topological polar surface area (TPSA) is 40.6 Å². The average Bonchev–Trinajstić information content (AvgIpc) is 2.81. The monoisotopic (exact) mass is 182 g/mol. The molecule has 2 aliphatic rings. The van der Waals surface area contributed by atoms with E-state index in [1.165, 1.54) is 0 Å². The van der Waals surface area contributed by atoms with E-state index in [0.717, 1.165) is 19.1 Å². The third-order valence-corrected chi connectivity index (χ3v) is 3.10. The van der Waals surface area contributed by atoms with Gasteiger partial charge in [-0.3, -0.25) is 9.80 Å². The van der Waals surface area contributed by atoms with Crippen molar-refractivity contribution in [2.24, 2.45) is 0 Å². The van der Waals surface area contributed by atoms with Crippen molar-refractivity contribution in [3.63, 3.8) is 0 Å². The second-order valence-electron chi connectivity index (χ2n) is 3.90. The molecular weight excluding hydrogens is 168 g/mol. The first kappa shape index (κ1) is 8.69. The van der Waals surface area contributed by atoms with E-state index in [0.29, 0.717) is 19.4 Å². The molecule has 0 aromatic rings. The second-order valence-corrected chi connectivity index (χ2v) is 3.90. The molecule has 0 bridgehead atoms. The van der Waals surface area contributed by atoms with E-state index in [2.05, 4.69) is 0 Å². The molecule has 0 aromatic heterocycles. The van der Waals surface area contributed by atoms with Crippen LogP contribution in [0.25, 0.3) is 0 Å². The van der Waals surface area contributed by atoms with Gasteiger partial charge in [0.15, 0.2) is 0 Å². The molecule has 1 aliphatic carbocycles. The predicted molar refractivity (Wildman–Crippen MR) is 46.7 cm³/mol. The summed E-state index contributed by atoms with van der Waals surface area (Å²) >= 11 is 0. The Balaban J connectivity index is 2.02. The van der Waals surface area contributed by atoms with Crippen LogP contribution in [0.4, 0.5) is 0 Å². The number of carbonyl (C=O) groups excluding carboxylic acids is 2. The first-order chi connectivity index (χ1) is 6.19. The zero-order valence-corrected chi connectivity index (χ0v) is 7.82. The second kappa shape index (κ2) is 2.80. The molecule has 0 unspecified atom stereocenters. The number of hydrogen-bond acceptors (Lipinski definition) is 3. The lowest BCUT2D eigenvalue weighted by Gasteiger charge is -2.27. The lowest BCUT2D eigenvalue weighted by molar-refractivity contribution is -0.137. The van der Waals surface area contributed by atoms with E-state index in [1.807, 2.05) is 12.1 Å². The molecule has 0 radical (unpaired) electrons. The maximum atomic E-state index is 11.5. The van der Waals surface area contributed by atoms with Gasteiger partial charge in [-0.25, -0.2) is 5.01 Å². The molecule has 4 heteroatoms. The van der Waals surface area contributed by atoms with Crippen molar-refractivity contribution in [1.29, 1.82) is 0 Å². The highest BCUT2D eigenvalue weighted by molar-refractivity contribution is 5.80. The van der Waals surface area contributed by atoms with Crippen LogP contribution < -0.4 is 0 Å². The first-order valence-corrected chi connectivity index (χ1v) is 4.67. The van der Waals surface area contributed by atoms with Crippen LogP contribution in [0.3, 0.4) is 0 Å². The highest BCUT2D eigenvalue weighted by Gasteiger charge is 2.55. The highest BCUT2D eigenvalue weighted by atomic mass is 16.2. The maximum absolute atomic E-state index is 11.5. The number of rotatable bonds is 3. The Morgan fingerprint density at radius 2 is 2.23 bits per heavy atom. The van der Waals surface area contributed by atoms with Crippen LogP contribution >= 0.6 is 0 Å². The van der Waals surface area contributed by atoms with Crippen molar-refractivity contribution in [2.45, 2.75) is 31.2 Å². The SMILES string of the molecule is CN1N(CCC=O)C(=O)CC12CC2. The molecule has 1 aliphatic heterocycles. The van der Waals surface area contributed by atoms with Gasteiger partial charge in [-0.2, -0.15) is 0 Å². The molecule has 4 nitrogen and oxygen atoms in total. The quantitative estimate of drug-likeness (QED) is 0.585. The summed E-state index contributed by atoms with van der Waals surface area (Å²) in [6, 6.07) is 0. The smallest absolute Gasteiger partial charge is 0.238 e. The number of hydrogen-bond donors (Lipinski definition) is 0. The van der Waals surface area contributed by atoms with Gasteiger partial charge in [0.05, 0.1) is 0 Å². The number of hydrazine groups is 1. The summed E-state index contributed by atoms with van der Waals surface area (Å²) in [5.41, 5.74) is 0.139. The summed E-state index contributed by atoms with van der Waals surface area (Å²) < 4.78 is 0. The standard InChI is InChI=1S/C9H14N2O2/c1-10-9(3-4-9)7-8(13)11(10)5-2-6-12/h6H,2-5,7H2,1H3. The number of nitrogens with zero attached hydrogens (tertiary/aromatic N) is 2. The number of amides is 1. The minimum absolute atomic E-state index is 0.139. The molecule has 2 fully saturated rings. The van der Waals surface area contributed by atoms with E-state index >= 15 is 0 Å². The molecule has 1 amide bonds. The lowest BCUT2D eigenvalue weighted by atomic mass is 10.2. The summed E-state index contributed by atoms with van der Waals surface area (Å²) in [5, 5.41) is 3.74. The zero-order chi connectivity index (χ0) is 9.47. The van der Waals surface area contributed by atoms with Gasteiger partial charge in [0.25, 0.3) is 0 Å². The molecule has 72 valence electrons. The summed E-state index contributed by atoms with van der Waals surface area (Å²) in [7, 11) is 1.95. The summed E-state index contributed by atoms with van der Waals surface area (Å²) in [5.74, 6) is 0.168. The Morgan fingerprint density at radius 1 is 1.54 bits per heavy atom. The van der Waals surface area contributed by atoms with E-state index < -0.39 is 0 Å². The average molecular weight is 182 g/mol. The zero-order valence-electron chi connectivity index (χ0n) is 7.82. The van der Waals surface area contributed by atoms with Crippen LogP contribution in [0.1, 0.15) is 25.7 Å². The van der Waals surface area contributed by atoms with E-state index in [9.17, 15) is 9.59 Å². The Morgan fingerprint density at radius 3 is 2.69 bits per heavy atom. The fraction of sp³-hybridized carbons (Fsp3) is 0.778. The van der Waals surface area contributed by atoms with Crippen molar-refractivity contribution in [2.75, 3.05) is 13.6 Å². The van der Waals surface area contributed by atoms with Crippen molar-refractivity contribution in [1.82, 2.24) is 10.0 Å². The van der Waals surface area contributed by atoms with Gasteiger partial charge in [0.2, 0.25) is 5.91 Å². The van der Waals surface area contributed by atoms with Crippen molar-refractivity contribution >= 4 is 12.2 Å². The van der Waals surface area contributed by atoms with Crippen LogP contribution in [-0.2, 0) is 9.59 Å². The van der Waals surface area contributed by atoms with Gasteiger partial charge in [0, 0.05) is 32.0 Å². The van der Waals surface area contributed by atoms with Gasteiger partial charge >= 0.3 is 0 Å². The van der Waals surface area contributed by atoms with E-state index in [1.54, 1.807) is 5.01 Å². The van der Waals surface area contributed by atoms with Crippen molar-refractivity contribution in [3.05, 3.63) is 0 Å². The summed E-state index contributed by atoms with van der Waals surface area (Å²) in [6.45, 7) is 0.542. The van der Waals surface area contributed by atoms with Gasteiger partial charge in [0.1, 0.15) is 6.29 Å². The molecule has 2 rings (SSSR count). The van der Waals surface area contributed by atoms with Crippen LogP contribution in [0, 0.1) is 0 Å². The van der Waals surface area contributed by atoms with Gasteiger partial charge in [-0.1, -0.05) is 0 Å². The number of carbonyl (C=O) groups is 2. The van der Waals surface area contributed by atoms with Crippen LogP contribution in [0.5, 0.6) is 0 Å². The third kappa shape index (κ3) is 1.25. The Labute approximate surface area is 77.5 Å². The minimum atomic E-state index is 0.139. The molecule has 1 saturated carbocycles. The molecule has 0 aromatic carbocycles. The minimum Gasteiger partial charge on any atom is -0.303 e. The van der Waals surface area contributed by atoms with Crippen LogP contribution in [-0.4, -0.2) is 41.3 Å². The number of aldehydes is 1. The molecule has 1 spiro atoms. The van der Waals surface area contributed by atoms with Gasteiger partial charge < -0.3 is 4.79 Å². The largest absolute Gasteiger partial charge is 0.303 e. The Kier molecular flexibility index (Phi) is 1.87. The van der Waals surface area contributed by atoms with Crippen molar-refractivity contribution < 1.29 is 9.59 Å². The fourth-order valence-corrected chi connectivity index (χ4v) is 2.00. The van der Waals surface area contributed by atoms with E-state index in [4.69, 9.17) is 0 Å². The summed E-state index contributed by atoms with van der Waals surface area (Å²) in [6.07, 6.45) is 4.17. The molecule has 0 N–H and O–H groups in total. The normalized spacial score (nSPS) is 25.6. The molecular formula is C9H14N2O2. The Bertz CT molecular complexity index is 248.